The Kier molecular flexibility index (Phi) is 2.96. The number of hydrogen-bond donors (Lipinski definition) is 2. The molecular weight excluding hydrogens is 264 g/mol. The highest BCUT2D eigenvalue weighted by molar-refractivity contribution is 7.86. The maximum Gasteiger partial charge on any atom is 0.277 e. The van der Waals surface area contributed by atoms with Crippen LogP contribution in [0, 0.1) is 0 Å². The van der Waals surface area contributed by atoms with E-state index in [-0.39, 0.29) is 0 Å². The summed E-state index contributed by atoms with van der Waals surface area (Å²) in [6, 6.07) is 8.08. The van der Waals surface area contributed by atoms with Crippen molar-refractivity contribution in [1.29, 1.82) is 0 Å². The van der Waals surface area contributed by atoms with Crippen molar-refractivity contribution in [2.24, 2.45) is 5.14 Å². The predicted octanol–water partition coefficient (Wildman–Crippen LogP) is 0.493. The number of fused-ring (bicyclic) bond motifs is 1. The van der Waals surface area contributed by atoms with Crippen LogP contribution in [0.15, 0.2) is 30.5 Å². The van der Waals surface area contributed by atoms with Crippen molar-refractivity contribution < 1.29 is 8.42 Å². The summed E-state index contributed by atoms with van der Waals surface area (Å²) in [5, 5.41) is 6.30. The molecule has 0 bridgehead atoms. The fourth-order valence-electron chi connectivity index (χ4n) is 2.50. The Morgan fingerprint density at radius 1 is 1.11 bits per heavy atom. The molecule has 102 valence electrons. The minimum Gasteiger partial charge on any atom is -0.367 e. The van der Waals surface area contributed by atoms with Crippen LogP contribution in [0.5, 0.6) is 0 Å². The summed E-state index contributed by atoms with van der Waals surface area (Å²) in [6.45, 7) is 2.16. The van der Waals surface area contributed by atoms with Gasteiger partial charge in [0.15, 0.2) is 0 Å². The van der Waals surface area contributed by atoms with Crippen molar-refractivity contribution in [1.82, 2.24) is 9.29 Å². The number of H-pyrrole nitrogens is 1. The minimum atomic E-state index is -3.56. The monoisotopic (exact) mass is 280 g/mol. The molecule has 1 aromatic heterocycles. The first kappa shape index (κ1) is 12.5. The number of nitrogens with zero attached hydrogens (tertiary/aromatic N) is 2. The molecule has 1 aliphatic rings. The molecule has 0 amide bonds. The Morgan fingerprint density at radius 3 is 2.47 bits per heavy atom. The van der Waals surface area contributed by atoms with E-state index in [9.17, 15) is 8.42 Å². The number of nitrogens with two attached hydrogens (primary N) is 1. The van der Waals surface area contributed by atoms with Gasteiger partial charge in [-0.3, -0.25) is 0 Å². The van der Waals surface area contributed by atoms with Gasteiger partial charge in [-0.1, -0.05) is 18.2 Å². The highest BCUT2D eigenvalue weighted by Crippen LogP contribution is 2.27. The first-order chi connectivity index (χ1) is 9.05. The second-order valence-electron chi connectivity index (χ2n) is 4.65. The molecule has 1 saturated heterocycles. The van der Waals surface area contributed by atoms with E-state index in [1.807, 2.05) is 24.4 Å². The van der Waals surface area contributed by atoms with Crippen LogP contribution in [0.3, 0.4) is 0 Å². The Hall–Kier alpha value is -1.57. The number of benzene rings is 1. The van der Waals surface area contributed by atoms with Crippen LogP contribution < -0.4 is 10.0 Å². The number of para-hydroxylation sites is 1. The smallest absolute Gasteiger partial charge is 0.277 e. The van der Waals surface area contributed by atoms with E-state index >= 15 is 0 Å². The van der Waals surface area contributed by atoms with Crippen LogP contribution in [0.4, 0.5) is 5.69 Å². The van der Waals surface area contributed by atoms with Crippen molar-refractivity contribution in [2.45, 2.75) is 0 Å². The fourth-order valence-corrected chi connectivity index (χ4v) is 3.17. The van der Waals surface area contributed by atoms with Crippen molar-refractivity contribution >= 4 is 26.8 Å². The summed E-state index contributed by atoms with van der Waals surface area (Å²) in [4.78, 5) is 5.41. The van der Waals surface area contributed by atoms with Gasteiger partial charge in [0.2, 0.25) is 0 Å². The lowest BCUT2D eigenvalue weighted by Gasteiger charge is -2.34. The third-order valence-electron chi connectivity index (χ3n) is 3.51. The molecule has 1 aromatic carbocycles. The molecule has 2 heterocycles. The lowest BCUT2D eigenvalue weighted by molar-refractivity contribution is 0.386. The minimum absolute atomic E-state index is 0.429. The van der Waals surface area contributed by atoms with Crippen molar-refractivity contribution in [3.63, 3.8) is 0 Å². The van der Waals surface area contributed by atoms with Crippen molar-refractivity contribution in [3.8, 4) is 0 Å². The lowest BCUT2D eigenvalue weighted by Crippen LogP contribution is -2.50. The number of anilines is 1. The molecule has 6 nitrogen and oxygen atoms in total. The van der Waals surface area contributed by atoms with E-state index in [0.29, 0.717) is 26.2 Å². The van der Waals surface area contributed by atoms with Crippen LogP contribution in [-0.4, -0.2) is 43.9 Å². The summed E-state index contributed by atoms with van der Waals surface area (Å²) in [6.07, 6.45) is 1.97. The van der Waals surface area contributed by atoms with Gasteiger partial charge in [-0.2, -0.15) is 12.7 Å². The second-order valence-corrected chi connectivity index (χ2v) is 6.20. The molecule has 3 N–H and O–H groups in total. The summed E-state index contributed by atoms with van der Waals surface area (Å²) < 4.78 is 23.9. The second kappa shape index (κ2) is 4.52. The first-order valence-corrected chi connectivity index (χ1v) is 7.65. The van der Waals surface area contributed by atoms with Gasteiger partial charge in [-0.15, -0.1) is 0 Å². The molecule has 0 radical (unpaired) electrons. The van der Waals surface area contributed by atoms with E-state index < -0.39 is 10.2 Å². The third kappa shape index (κ3) is 2.32. The molecule has 1 fully saturated rings. The van der Waals surface area contributed by atoms with Gasteiger partial charge in [0, 0.05) is 43.3 Å². The summed E-state index contributed by atoms with van der Waals surface area (Å²) in [5.41, 5.74) is 2.20. The zero-order valence-electron chi connectivity index (χ0n) is 10.4. The highest BCUT2D eigenvalue weighted by Gasteiger charge is 2.24. The molecule has 0 saturated carbocycles. The van der Waals surface area contributed by atoms with E-state index in [1.165, 1.54) is 4.31 Å². The Labute approximate surface area is 112 Å². The maximum absolute atomic E-state index is 11.3. The zero-order valence-corrected chi connectivity index (χ0v) is 11.2. The molecule has 7 heteroatoms. The lowest BCUT2D eigenvalue weighted by atomic mass is 10.2. The van der Waals surface area contributed by atoms with Gasteiger partial charge in [-0.25, -0.2) is 5.14 Å². The predicted molar refractivity (Wildman–Crippen MR) is 75.2 cm³/mol. The average molecular weight is 280 g/mol. The molecular formula is C12H16N4O2S. The van der Waals surface area contributed by atoms with Gasteiger partial charge in [0.05, 0.1) is 5.69 Å². The Balaban J connectivity index is 1.82. The van der Waals surface area contributed by atoms with Crippen LogP contribution in [0.1, 0.15) is 0 Å². The van der Waals surface area contributed by atoms with Crippen LogP contribution in [0.25, 0.3) is 10.9 Å². The SMILES string of the molecule is NS(=O)(=O)N1CCN(c2c[nH]c3ccccc23)CC1. The third-order valence-corrected chi connectivity index (χ3v) is 4.59. The number of aromatic nitrogens is 1. The Morgan fingerprint density at radius 2 is 1.79 bits per heavy atom. The summed E-state index contributed by atoms with van der Waals surface area (Å²) in [7, 11) is -3.56. The fraction of sp³-hybridized carbons (Fsp3) is 0.333. The Bertz CT molecular complexity index is 687. The standard InChI is InChI=1S/C12H16N4O2S/c13-19(17,18)16-7-5-15(6-8-16)12-9-14-11-4-2-1-3-10(11)12/h1-4,9,14H,5-8H2,(H2,13,17,18). The molecule has 2 aromatic rings. The quantitative estimate of drug-likeness (QED) is 0.840. The van der Waals surface area contributed by atoms with Gasteiger partial charge < -0.3 is 9.88 Å². The van der Waals surface area contributed by atoms with E-state index in [0.717, 1.165) is 16.6 Å². The largest absolute Gasteiger partial charge is 0.367 e. The zero-order chi connectivity index (χ0) is 13.5. The van der Waals surface area contributed by atoms with Crippen molar-refractivity contribution in [3.05, 3.63) is 30.5 Å². The average Bonchev–Trinajstić information content (AvgIpc) is 2.82. The number of hydrogen-bond acceptors (Lipinski definition) is 3. The summed E-state index contributed by atoms with van der Waals surface area (Å²) >= 11 is 0. The number of rotatable bonds is 2. The number of nitrogens with one attached hydrogen (secondary N) is 1. The topological polar surface area (TPSA) is 82.4 Å². The van der Waals surface area contributed by atoms with E-state index in [2.05, 4.69) is 16.0 Å². The molecule has 0 aliphatic carbocycles. The number of piperazine rings is 1. The number of aromatic amines is 1. The molecule has 3 rings (SSSR count). The maximum atomic E-state index is 11.3. The van der Waals surface area contributed by atoms with Crippen LogP contribution >= 0.6 is 0 Å². The molecule has 1 aliphatic heterocycles. The highest BCUT2D eigenvalue weighted by atomic mass is 32.2. The molecule has 0 atom stereocenters. The van der Waals surface area contributed by atoms with Crippen molar-refractivity contribution in [2.75, 3.05) is 31.1 Å². The summed E-state index contributed by atoms with van der Waals surface area (Å²) in [5.74, 6) is 0. The van der Waals surface area contributed by atoms with Gasteiger partial charge in [0.25, 0.3) is 10.2 Å². The van der Waals surface area contributed by atoms with E-state index in [1.54, 1.807) is 0 Å². The van der Waals surface area contributed by atoms with Gasteiger partial charge in [0.1, 0.15) is 0 Å². The molecule has 0 unspecified atom stereocenters. The van der Waals surface area contributed by atoms with E-state index in [4.69, 9.17) is 5.14 Å². The normalized spacial score (nSPS) is 18.1. The van der Waals surface area contributed by atoms with Crippen LogP contribution in [-0.2, 0) is 10.2 Å². The first-order valence-electron chi connectivity index (χ1n) is 6.14. The van der Waals surface area contributed by atoms with Crippen LogP contribution in [0.2, 0.25) is 0 Å². The van der Waals surface area contributed by atoms with Gasteiger partial charge >= 0.3 is 0 Å². The molecule has 19 heavy (non-hydrogen) atoms. The van der Waals surface area contributed by atoms with Gasteiger partial charge in [-0.05, 0) is 6.07 Å². The molecule has 0 spiro atoms.